The molecule has 1 aliphatic heterocycles. The van der Waals surface area contributed by atoms with E-state index in [4.69, 9.17) is 16.6 Å². The second kappa shape index (κ2) is 7.12. The van der Waals surface area contributed by atoms with Crippen molar-refractivity contribution in [2.24, 2.45) is 4.99 Å². The van der Waals surface area contributed by atoms with Crippen molar-refractivity contribution in [3.8, 4) is 0 Å². The largest absolute Gasteiger partial charge is 0.368 e. The summed E-state index contributed by atoms with van der Waals surface area (Å²) in [6.07, 6.45) is 0. The fourth-order valence-electron chi connectivity index (χ4n) is 2.60. The van der Waals surface area contributed by atoms with Crippen LogP contribution in [0.15, 0.2) is 53.5 Å². The Morgan fingerprint density at radius 2 is 1.95 bits per heavy atom. The molecule has 0 spiro atoms. The lowest BCUT2D eigenvalue weighted by Crippen LogP contribution is -2.35. The predicted octanol–water partition coefficient (Wildman–Crippen LogP) is 4.14. The van der Waals surface area contributed by atoms with E-state index in [1.807, 2.05) is 37.4 Å². The van der Waals surface area contributed by atoms with Crippen LogP contribution in [0, 0.1) is 5.82 Å². The maximum Gasteiger partial charge on any atom is 0.124 e. The van der Waals surface area contributed by atoms with Gasteiger partial charge in [0.25, 0.3) is 0 Å². The average molecular weight is 339 g/mol. The normalized spacial score (nSPS) is 17.1. The van der Waals surface area contributed by atoms with Gasteiger partial charge >= 0.3 is 0 Å². The van der Waals surface area contributed by atoms with Crippen LogP contribution in [0.5, 0.6) is 0 Å². The Kier molecular flexibility index (Phi) is 5.43. The van der Waals surface area contributed by atoms with Gasteiger partial charge in [-0.2, -0.15) is 0 Å². The highest BCUT2D eigenvalue weighted by atomic mass is 35.5. The molecule has 0 N–H and O–H groups in total. The first-order valence-electron chi connectivity index (χ1n) is 6.89. The van der Waals surface area contributed by atoms with Crippen molar-refractivity contribution in [1.82, 2.24) is 0 Å². The zero-order valence-electron chi connectivity index (χ0n) is 12.2. The van der Waals surface area contributed by atoms with Crippen molar-refractivity contribution in [3.05, 3.63) is 65.5 Å². The number of fused-ring (bicyclic) bond motifs is 1. The van der Waals surface area contributed by atoms with Gasteiger partial charge in [-0.25, -0.2) is 4.39 Å². The highest BCUT2D eigenvalue weighted by Crippen LogP contribution is 2.28. The predicted molar refractivity (Wildman–Crippen MR) is 93.5 cm³/mol. The number of hydrogen-bond donors (Lipinski definition) is 0. The maximum absolute atomic E-state index is 13.7. The minimum Gasteiger partial charge on any atom is -0.368 e. The molecule has 2 nitrogen and oxygen atoms in total. The fourth-order valence-corrected chi connectivity index (χ4v) is 2.91. The summed E-state index contributed by atoms with van der Waals surface area (Å²) < 4.78 is 13.7. The molecule has 0 fully saturated rings. The number of halogens is 3. The van der Waals surface area contributed by atoms with Gasteiger partial charge in [0.1, 0.15) is 5.82 Å². The first-order chi connectivity index (χ1) is 10.2. The molecule has 1 heterocycles. The molecule has 2 aromatic rings. The van der Waals surface area contributed by atoms with E-state index in [-0.39, 0.29) is 24.3 Å². The van der Waals surface area contributed by atoms with Gasteiger partial charge in [0.15, 0.2) is 0 Å². The van der Waals surface area contributed by atoms with Crippen LogP contribution in [-0.4, -0.2) is 31.2 Å². The molecule has 116 valence electrons. The summed E-state index contributed by atoms with van der Waals surface area (Å²) in [4.78, 5) is 6.79. The average Bonchev–Trinajstić information content (AvgIpc) is 2.65. The lowest BCUT2D eigenvalue weighted by Gasteiger charge is -2.27. The number of likely N-dealkylation sites (N-methyl/N-ethyl adjacent to an activating group) is 1. The number of nitrogens with zero attached hydrogens (tertiary/aromatic N) is 2. The van der Waals surface area contributed by atoms with E-state index in [1.165, 1.54) is 6.07 Å². The maximum atomic E-state index is 13.7. The zero-order chi connectivity index (χ0) is 14.8. The number of hydrogen-bond acceptors (Lipinski definition) is 2. The molecule has 2 aromatic carbocycles. The van der Waals surface area contributed by atoms with Crippen LogP contribution >= 0.6 is 24.0 Å². The third-order valence-electron chi connectivity index (χ3n) is 3.83. The summed E-state index contributed by atoms with van der Waals surface area (Å²) in [6.45, 7) is 0.598. The molecule has 0 saturated carbocycles. The molecule has 5 heteroatoms. The zero-order valence-corrected chi connectivity index (χ0v) is 13.7. The van der Waals surface area contributed by atoms with Crippen molar-refractivity contribution in [2.45, 2.75) is 6.04 Å². The van der Waals surface area contributed by atoms with Crippen LogP contribution < -0.4 is 4.90 Å². The Balaban J connectivity index is 0.00000176. The molecule has 0 amide bonds. The van der Waals surface area contributed by atoms with Crippen LogP contribution in [0.3, 0.4) is 0 Å². The molecule has 1 atom stereocenters. The molecule has 0 aromatic heterocycles. The number of aliphatic imine (C=N–C) groups is 1. The van der Waals surface area contributed by atoms with Crippen LogP contribution in [0.2, 0.25) is 0 Å². The van der Waals surface area contributed by atoms with Crippen molar-refractivity contribution in [3.63, 3.8) is 0 Å². The summed E-state index contributed by atoms with van der Waals surface area (Å²) >= 11 is 6.05. The van der Waals surface area contributed by atoms with E-state index >= 15 is 0 Å². The van der Waals surface area contributed by atoms with Gasteiger partial charge in [-0.3, -0.25) is 4.99 Å². The molecule has 0 bridgehead atoms. The van der Waals surface area contributed by atoms with Crippen molar-refractivity contribution >= 4 is 35.4 Å². The number of rotatable bonds is 2. The Labute approximate surface area is 141 Å². The first-order valence-corrected chi connectivity index (χ1v) is 7.42. The molecule has 0 radical (unpaired) electrons. The van der Waals surface area contributed by atoms with E-state index in [2.05, 4.69) is 4.90 Å². The quantitative estimate of drug-likeness (QED) is 0.751. The molecule has 22 heavy (non-hydrogen) atoms. The van der Waals surface area contributed by atoms with Gasteiger partial charge in [-0.05, 0) is 18.2 Å². The Hall–Kier alpha value is -1.58. The third-order valence-corrected chi connectivity index (χ3v) is 4.18. The van der Waals surface area contributed by atoms with Gasteiger partial charge in [0.2, 0.25) is 0 Å². The Bertz CT molecular complexity index is 674. The Morgan fingerprint density at radius 3 is 2.64 bits per heavy atom. The molecule has 1 aliphatic rings. The van der Waals surface area contributed by atoms with E-state index in [9.17, 15) is 4.39 Å². The molecule has 1 unspecified atom stereocenters. The fraction of sp³-hybridized carbons (Fsp3) is 0.235. The van der Waals surface area contributed by atoms with E-state index in [0.717, 1.165) is 22.5 Å². The topological polar surface area (TPSA) is 15.6 Å². The highest BCUT2D eigenvalue weighted by molar-refractivity contribution is 6.19. The summed E-state index contributed by atoms with van der Waals surface area (Å²) in [5.41, 5.74) is 3.59. The summed E-state index contributed by atoms with van der Waals surface area (Å²) in [5.74, 6) is 0.230. The number of alkyl halides is 1. The van der Waals surface area contributed by atoms with Gasteiger partial charge in [0, 0.05) is 29.7 Å². The van der Waals surface area contributed by atoms with Gasteiger partial charge in [-0.1, -0.05) is 30.3 Å². The van der Waals surface area contributed by atoms with Crippen molar-refractivity contribution < 1.29 is 4.39 Å². The number of benzene rings is 2. The Morgan fingerprint density at radius 1 is 1.23 bits per heavy atom. The molecule has 0 saturated heterocycles. The minimum absolute atomic E-state index is 0. The highest BCUT2D eigenvalue weighted by Gasteiger charge is 2.24. The SMILES string of the molecule is CN1c2ccc(F)cc2C(c2ccccc2)=NCC1CCl.Cl. The lowest BCUT2D eigenvalue weighted by atomic mass is 10.00. The summed E-state index contributed by atoms with van der Waals surface area (Å²) in [5, 5.41) is 0. The summed E-state index contributed by atoms with van der Waals surface area (Å²) in [6, 6.07) is 14.8. The molecular formula is C17H17Cl2FN2. The van der Waals surface area contributed by atoms with Gasteiger partial charge in [0.05, 0.1) is 18.3 Å². The summed E-state index contributed by atoms with van der Waals surface area (Å²) in [7, 11) is 1.98. The molecule has 3 rings (SSSR count). The number of benzodiazepines with no additional fused rings is 1. The second-order valence-corrected chi connectivity index (χ2v) is 5.44. The monoisotopic (exact) mass is 338 g/mol. The lowest BCUT2D eigenvalue weighted by molar-refractivity contribution is 0.627. The minimum atomic E-state index is -0.255. The van der Waals surface area contributed by atoms with Crippen molar-refractivity contribution in [1.29, 1.82) is 0 Å². The molecule has 0 aliphatic carbocycles. The van der Waals surface area contributed by atoms with Crippen LogP contribution in [-0.2, 0) is 0 Å². The van der Waals surface area contributed by atoms with Crippen LogP contribution in [0.25, 0.3) is 0 Å². The van der Waals surface area contributed by atoms with E-state index in [1.54, 1.807) is 12.1 Å². The van der Waals surface area contributed by atoms with Gasteiger partial charge < -0.3 is 4.90 Å². The van der Waals surface area contributed by atoms with Crippen molar-refractivity contribution in [2.75, 3.05) is 24.4 Å². The van der Waals surface area contributed by atoms with E-state index < -0.39 is 0 Å². The van der Waals surface area contributed by atoms with Crippen LogP contribution in [0.1, 0.15) is 11.1 Å². The smallest absolute Gasteiger partial charge is 0.124 e. The van der Waals surface area contributed by atoms with E-state index in [0.29, 0.717) is 12.4 Å². The van der Waals surface area contributed by atoms with Gasteiger partial charge in [-0.15, -0.1) is 24.0 Å². The second-order valence-electron chi connectivity index (χ2n) is 5.14. The molecular weight excluding hydrogens is 322 g/mol. The van der Waals surface area contributed by atoms with Crippen LogP contribution in [0.4, 0.5) is 10.1 Å². The third kappa shape index (κ3) is 3.11. The number of anilines is 1. The first kappa shape index (κ1) is 16.8. The standard InChI is InChI=1S/C17H16ClFN2.ClH/c1-21-14(10-18)11-20-17(12-5-3-2-4-6-12)15-9-13(19)7-8-16(15)21;/h2-9,14H,10-11H2,1H3;1H.